The van der Waals surface area contributed by atoms with Gasteiger partial charge in [0.05, 0.1) is 12.7 Å². The molecule has 1 heterocycles. The van der Waals surface area contributed by atoms with E-state index in [1.54, 1.807) is 20.8 Å². The topological polar surface area (TPSA) is 55.8 Å². The smallest absolute Gasteiger partial charge is 0.163 e. The van der Waals surface area contributed by atoms with Crippen molar-refractivity contribution in [1.82, 2.24) is 0 Å². The highest BCUT2D eigenvalue weighted by Gasteiger charge is 2.43. The number of aliphatic hydroxyl groups excluding tert-OH is 1. The number of rotatable bonds is 3. The molecule has 0 aromatic carbocycles. The van der Waals surface area contributed by atoms with Gasteiger partial charge < -0.3 is 19.4 Å². The number of hydrogen-bond acceptors (Lipinski definition) is 4. The van der Waals surface area contributed by atoms with Crippen LogP contribution in [0.25, 0.3) is 0 Å². The molecule has 0 aromatic heterocycles. The van der Waals surface area contributed by atoms with Crippen LogP contribution in [0, 0.1) is 5.92 Å². The first-order valence-electron chi connectivity index (χ1n) is 4.42. The zero-order chi connectivity index (χ0) is 10.1. The summed E-state index contributed by atoms with van der Waals surface area (Å²) >= 11 is 0. The Balaban J connectivity index is 2.68. The van der Waals surface area contributed by atoms with Crippen molar-refractivity contribution in [3.63, 3.8) is 0 Å². The Labute approximate surface area is 77.8 Å². The lowest BCUT2D eigenvalue weighted by molar-refractivity contribution is -0.152. The second kappa shape index (κ2) is 3.74. The molecular weight excluding hydrogens is 172 g/mol. The van der Waals surface area contributed by atoms with Crippen molar-refractivity contribution in [3.05, 3.63) is 0 Å². The van der Waals surface area contributed by atoms with Crippen molar-refractivity contribution >= 4 is 6.29 Å². The Hall–Kier alpha value is -0.450. The Morgan fingerprint density at radius 1 is 1.54 bits per heavy atom. The molecule has 4 heteroatoms. The molecule has 1 aliphatic heterocycles. The number of ether oxygens (including phenoxy) is 2. The molecule has 0 radical (unpaired) electrons. The lowest BCUT2D eigenvalue weighted by atomic mass is 10.0. The zero-order valence-corrected chi connectivity index (χ0v) is 8.19. The van der Waals surface area contributed by atoms with Crippen molar-refractivity contribution in [1.29, 1.82) is 0 Å². The predicted octanol–water partition coefficient (Wildman–Crippen LogP) is 0.334. The largest absolute Gasteiger partial charge is 0.394 e. The van der Waals surface area contributed by atoms with Crippen LogP contribution in [-0.2, 0) is 14.3 Å². The number of carbonyl (C=O) groups is 1. The standard InChI is InChI=1S/C9H16O4/c1-6(4-10)8-7(5-11)12-9(2,3)13-8/h4,6-8,11H,5H2,1-3H3. The Bertz CT molecular complexity index is 190. The van der Waals surface area contributed by atoms with Crippen LogP contribution in [0.1, 0.15) is 20.8 Å². The average molecular weight is 188 g/mol. The molecule has 3 atom stereocenters. The minimum atomic E-state index is -0.699. The first-order valence-corrected chi connectivity index (χ1v) is 4.42. The maximum absolute atomic E-state index is 10.5. The van der Waals surface area contributed by atoms with Crippen LogP contribution in [0.2, 0.25) is 0 Å². The van der Waals surface area contributed by atoms with E-state index < -0.39 is 11.9 Å². The predicted molar refractivity (Wildman–Crippen MR) is 46.1 cm³/mol. The molecule has 0 saturated carbocycles. The van der Waals surface area contributed by atoms with E-state index in [2.05, 4.69) is 0 Å². The van der Waals surface area contributed by atoms with Crippen molar-refractivity contribution in [2.45, 2.75) is 38.8 Å². The molecule has 0 aliphatic carbocycles. The zero-order valence-electron chi connectivity index (χ0n) is 8.19. The highest BCUT2D eigenvalue weighted by Crippen LogP contribution is 2.31. The van der Waals surface area contributed by atoms with Gasteiger partial charge in [-0.1, -0.05) is 6.92 Å². The third-order valence-electron chi connectivity index (χ3n) is 2.13. The third-order valence-corrected chi connectivity index (χ3v) is 2.13. The van der Waals surface area contributed by atoms with Crippen molar-refractivity contribution in [2.24, 2.45) is 5.92 Å². The molecule has 76 valence electrons. The molecule has 3 unspecified atom stereocenters. The van der Waals surface area contributed by atoms with Crippen LogP contribution in [0.15, 0.2) is 0 Å². The fourth-order valence-electron chi connectivity index (χ4n) is 1.53. The second-order valence-corrected chi connectivity index (χ2v) is 3.82. The lowest BCUT2D eigenvalue weighted by Crippen LogP contribution is -2.32. The fourth-order valence-corrected chi connectivity index (χ4v) is 1.53. The van der Waals surface area contributed by atoms with Crippen LogP contribution >= 0.6 is 0 Å². The fraction of sp³-hybridized carbons (Fsp3) is 0.889. The van der Waals surface area contributed by atoms with Crippen molar-refractivity contribution in [2.75, 3.05) is 6.61 Å². The van der Waals surface area contributed by atoms with Gasteiger partial charge in [0.25, 0.3) is 0 Å². The molecule has 0 bridgehead atoms. The molecule has 1 N–H and O–H groups in total. The average Bonchev–Trinajstić information content (AvgIpc) is 2.39. The molecular formula is C9H16O4. The molecule has 4 nitrogen and oxygen atoms in total. The van der Waals surface area contributed by atoms with Crippen LogP contribution in [0.3, 0.4) is 0 Å². The van der Waals surface area contributed by atoms with Gasteiger partial charge in [-0.25, -0.2) is 0 Å². The molecule has 0 aromatic rings. The van der Waals surface area contributed by atoms with E-state index in [1.807, 2.05) is 0 Å². The summed E-state index contributed by atoms with van der Waals surface area (Å²) in [6.45, 7) is 5.18. The van der Waals surface area contributed by atoms with Gasteiger partial charge in [-0.15, -0.1) is 0 Å². The number of aliphatic hydroxyl groups is 1. The monoisotopic (exact) mass is 188 g/mol. The first-order chi connectivity index (χ1) is 6.00. The molecule has 0 spiro atoms. The molecule has 0 amide bonds. The highest BCUT2D eigenvalue weighted by molar-refractivity contribution is 5.54. The minimum absolute atomic E-state index is 0.119. The summed E-state index contributed by atoms with van der Waals surface area (Å²) < 4.78 is 10.9. The van der Waals surface area contributed by atoms with Gasteiger partial charge in [-0.3, -0.25) is 0 Å². The summed E-state index contributed by atoms with van der Waals surface area (Å²) in [5, 5.41) is 8.99. The Morgan fingerprint density at radius 2 is 2.15 bits per heavy atom. The number of hydrogen-bond donors (Lipinski definition) is 1. The van der Waals surface area contributed by atoms with Gasteiger partial charge in [0.15, 0.2) is 5.79 Å². The van der Waals surface area contributed by atoms with E-state index in [-0.39, 0.29) is 18.6 Å². The maximum Gasteiger partial charge on any atom is 0.163 e. The summed E-state index contributed by atoms with van der Waals surface area (Å²) in [6.07, 6.45) is 0.0886. The molecule has 1 rings (SSSR count). The van der Waals surface area contributed by atoms with E-state index in [0.717, 1.165) is 6.29 Å². The van der Waals surface area contributed by atoms with Crippen LogP contribution in [-0.4, -0.2) is 36.0 Å². The number of carbonyl (C=O) groups excluding carboxylic acids is 1. The van der Waals surface area contributed by atoms with E-state index in [0.29, 0.717) is 0 Å². The van der Waals surface area contributed by atoms with Gasteiger partial charge >= 0.3 is 0 Å². The van der Waals surface area contributed by atoms with Gasteiger partial charge in [0.1, 0.15) is 12.4 Å². The van der Waals surface area contributed by atoms with E-state index in [4.69, 9.17) is 14.6 Å². The second-order valence-electron chi connectivity index (χ2n) is 3.82. The SMILES string of the molecule is CC(C=O)C1OC(C)(C)OC1CO. The molecule has 13 heavy (non-hydrogen) atoms. The number of aldehydes is 1. The first kappa shape index (κ1) is 10.6. The quantitative estimate of drug-likeness (QED) is 0.649. The van der Waals surface area contributed by atoms with E-state index in [1.165, 1.54) is 0 Å². The summed E-state index contributed by atoms with van der Waals surface area (Å²) in [5.41, 5.74) is 0. The molecule has 1 aliphatic rings. The van der Waals surface area contributed by atoms with Crippen LogP contribution < -0.4 is 0 Å². The van der Waals surface area contributed by atoms with E-state index in [9.17, 15) is 4.79 Å². The van der Waals surface area contributed by atoms with E-state index >= 15 is 0 Å². The summed E-state index contributed by atoms with van der Waals surface area (Å²) in [7, 11) is 0. The normalized spacial score (nSPS) is 34.5. The van der Waals surface area contributed by atoms with Crippen molar-refractivity contribution in [3.8, 4) is 0 Å². The Kier molecular flexibility index (Phi) is 3.05. The molecule has 1 saturated heterocycles. The van der Waals surface area contributed by atoms with Crippen LogP contribution in [0.5, 0.6) is 0 Å². The highest BCUT2D eigenvalue weighted by atomic mass is 16.8. The minimum Gasteiger partial charge on any atom is -0.394 e. The van der Waals surface area contributed by atoms with Crippen molar-refractivity contribution < 1.29 is 19.4 Å². The van der Waals surface area contributed by atoms with Gasteiger partial charge in [0.2, 0.25) is 0 Å². The van der Waals surface area contributed by atoms with Gasteiger partial charge in [0, 0.05) is 5.92 Å². The Morgan fingerprint density at radius 3 is 2.62 bits per heavy atom. The third kappa shape index (κ3) is 2.27. The summed E-state index contributed by atoms with van der Waals surface area (Å²) in [4.78, 5) is 10.5. The van der Waals surface area contributed by atoms with Crippen LogP contribution in [0.4, 0.5) is 0 Å². The summed E-state index contributed by atoms with van der Waals surface area (Å²) in [6, 6.07) is 0. The summed E-state index contributed by atoms with van der Waals surface area (Å²) in [5.74, 6) is -0.950. The maximum atomic E-state index is 10.5. The lowest BCUT2D eigenvalue weighted by Gasteiger charge is -2.18. The molecule has 1 fully saturated rings. The van der Waals surface area contributed by atoms with Gasteiger partial charge in [-0.2, -0.15) is 0 Å². The van der Waals surface area contributed by atoms with Gasteiger partial charge in [-0.05, 0) is 13.8 Å².